The molecule has 32 heavy (non-hydrogen) atoms. The number of sulfonamides is 1. The van der Waals surface area contributed by atoms with E-state index in [1.807, 2.05) is 31.2 Å². The highest BCUT2D eigenvalue weighted by Crippen LogP contribution is 2.32. The van der Waals surface area contributed by atoms with Crippen molar-refractivity contribution in [2.45, 2.75) is 38.3 Å². The Morgan fingerprint density at radius 1 is 0.875 bits per heavy atom. The Hall–Kier alpha value is -3.10. The number of hydrogen-bond donors (Lipinski definition) is 1. The van der Waals surface area contributed by atoms with Gasteiger partial charge in [0.05, 0.1) is 15.1 Å². The van der Waals surface area contributed by atoms with Gasteiger partial charge in [-0.25, -0.2) is 8.42 Å². The number of anilines is 1. The van der Waals surface area contributed by atoms with Crippen LogP contribution in [0.4, 0.5) is 5.69 Å². The maximum absolute atomic E-state index is 13.1. The molecular formula is C24H23N3O3S2. The number of aryl methyl sites for hydroxylation is 2. The van der Waals surface area contributed by atoms with Crippen LogP contribution in [0.3, 0.4) is 0 Å². The van der Waals surface area contributed by atoms with Gasteiger partial charge in [0.2, 0.25) is 0 Å². The van der Waals surface area contributed by atoms with Gasteiger partial charge in [-0.15, -0.1) is 0 Å². The van der Waals surface area contributed by atoms with E-state index in [2.05, 4.69) is 28.3 Å². The zero-order valence-corrected chi connectivity index (χ0v) is 19.5. The van der Waals surface area contributed by atoms with E-state index in [-0.39, 0.29) is 9.77 Å². The second kappa shape index (κ2) is 7.79. The predicted octanol–water partition coefficient (Wildman–Crippen LogP) is 5.40. The van der Waals surface area contributed by atoms with E-state index in [0.717, 1.165) is 51.6 Å². The molecule has 0 saturated heterocycles. The minimum absolute atomic E-state index is 0.0675. The summed E-state index contributed by atoms with van der Waals surface area (Å²) < 4.78 is 33.6. The summed E-state index contributed by atoms with van der Waals surface area (Å²) in [7, 11) is -3.80. The number of thiazole rings is 1. The molecule has 0 aliphatic rings. The monoisotopic (exact) mass is 465 g/mol. The number of nitrogens with zero attached hydrogens (tertiary/aromatic N) is 2. The van der Waals surface area contributed by atoms with Crippen LogP contribution in [0.2, 0.25) is 0 Å². The van der Waals surface area contributed by atoms with Crippen molar-refractivity contribution in [2.24, 2.45) is 0 Å². The van der Waals surface area contributed by atoms with Crippen LogP contribution >= 0.6 is 11.3 Å². The second-order valence-electron chi connectivity index (χ2n) is 7.75. The van der Waals surface area contributed by atoms with Crippen LogP contribution in [-0.2, 0) is 23.1 Å². The largest absolute Gasteiger partial charge is 0.341 e. The van der Waals surface area contributed by atoms with E-state index in [9.17, 15) is 13.2 Å². The fraction of sp³-hybridized carbons (Fsp3) is 0.208. The third kappa shape index (κ3) is 3.30. The smallest absolute Gasteiger partial charge is 0.308 e. The Bertz CT molecular complexity index is 1640. The average Bonchev–Trinajstić information content (AvgIpc) is 3.27. The van der Waals surface area contributed by atoms with Gasteiger partial charge in [0, 0.05) is 40.6 Å². The molecule has 2 heterocycles. The molecule has 0 bridgehead atoms. The summed E-state index contributed by atoms with van der Waals surface area (Å²) in [5.41, 5.74) is 3.48. The molecule has 0 spiro atoms. The van der Waals surface area contributed by atoms with Crippen molar-refractivity contribution in [1.29, 1.82) is 0 Å². The molecule has 0 unspecified atom stereocenters. The number of nitrogens with one attached hydrogen (secondary N) is 1. The molecule has 6 nitrogen and oxygen atoms in total. The first-order valence-electron chi connectivity index (χ1n) is 10.6. The van der Waals surface area contributed by atoms with Crippen molar-refractivity contribution in [2.75, 3.05) is 4.72 Å². The van der Waals surface area contributed by atoms with Gasteiger partial charge in [-0.1, -0.05) is 36.5 Å². The van der Waals surface area contributed by atoms with Gasteiger partial charge < -0.3 is 4.57 Å². The SMILES string of the molecule is CCCn1c(=O)sc2cc(S(=O)(=O)Nc3ccc4c(c3)c3ccccc3n4CC)ccc21. The average molecular weight is 466 g/mol. The molecule has 8 heteroatoms. The number of fused-ring (bicyclic) bond motifs is 4. The van der Waals surface area contributed by atoms with Crippen LogP contribution in [-0.4, -0.2) is 17.6 Å². The molecule has 0 amide bonds. The van der Waals surface area contributed by atoms with Crippen molar-refractivity contribution in [1.82, 2.24) is 9.13 Å². The number of benzene rings is 3. The number of para-hydroxylation sites is 1. The zero-order chi connectivity index (χ0) is 22.5. The number of aromatic nitrogens is 2. The van der Waals surface area contributed by atoms with Crippen LogP contribution in [0.1, 0.15) is 20.3 Å². The van der Waals surface area contributed by atoms with E-state index in [1.54, 1.807) is 28.8 Å². The summed E-state index contributed by atoms with van der Waals surface area (Å²) in [6, 6.07) is 18.6. The summed E-state index contributed by atoms with van der Waals surface area (Å²) >= 11 is 1.08. The zero-order valence-electron chi connectivity index (χ0n) is 17.8. The van der Waals surface area contributed by atoms with Crippen molar-refractivity contribution in [3.05, 3.63) is 70.3 Å². The molecule has 0 atom stereocenters. The standard InChI is InChI=1S/C24H23N3O3S2/c1-3-13-27-22-12-10-17(15-23(22)31-24(27)28)32(29,30)25-16-9-11-21-19(14-16)18-7-5-6-8-20(18)26(21)4-2/h5-12,14-15,25H,3-4,13H2,1-2H3. The predicted molar refractivity (Wildman–Crippen MR) is 132 cm³/mol. The van der Waals surface area contributed by atoms with Gasteiger partial charge in [0.1, 0.15) is 0 Å². The lowest BCUT2D eigenvalue weighted by molar-refractivity contribution is 0.601. The van der Waals surface area contributed by atoms with Gasteiger partial charge in [-0.2, -0.15) is 0 Å². The van der Waals surface area contributed by atoms with Gasteiger partial charge in [0.15, 0.2) is 0 Å². The molecule has 0 fully saturated rings. The Morgan fingerprint density at radius 3 is 2.41 bits per heavy atom. The number of hydrogen-bond acceptors (Lipinski definition) is 4. The van der Waals surface area contributed by atoms with Crippen molar-refractivity contribution >= 4 is 59.1 Å². The summed E-state index contributed by atoms with van der Waals surface area (Å²) in [5, 5.41) is 2.10. The van der Waals surface area contributed by atoms with E-state index in [4.69, 9.17) is 0 Å². The summed E-state index contributed by atoms with van der Waals surface area (Å²) in [4.78, 5) is 12.3. The van der Waals surface area contributed by atoms with Crippen molar-refractivity contribution < 1.29 is 8.42 Å². The molecule has 0 saturated carbocycles. The first-order valence-corrected chi connectivity index (χ1v) is 12.9. The highest BCUT2D eigenvalue weighted by atomic mass is 32.2. The summed E-state index contributed by atoms with van der Waals surface area (Å²) in [5.74, 6) is 0. The molecule has 5 rings (SSSR count). The Balaban J connectivity index is 1.55. The molecule has 0 aliphatic carbocycles. The van der Waals surface area contributed by atoms with E-state index < -0.39 is 10.0 Å². The molecule has 0 radical (unpaired) electrons. The van der Waals surface area contributed by atoms with Gasteiger partial charge in [0.25, 0.3) is 10.0 Å². The summed E-state index contributed by atoms with van der Waals surface area (Å²) in [6.45, 7) is 5.55. The van der Waals surface area contributed by atoms with Crippen LogP contribution in [0.25, 0.3) is 32.0 Å². The molecular weight excluding hydrogens is 442 g/mol. The van der Waals surface area contributed by atoms with Gasteiger partial charge >= 0.3 is 4.87 Å². The highest BCUT2D eigenvalue weighted by Gasteiger charge is 2.18. The fourth-order valence-corrected chi connectivity index (χ4v) is 6.43. The van der Waals surface area contributed by atoms with E-state index >= 15 is 0 Å². The highest BCUT2D eigenvalue weighted by molar-refractivity contribution is 7.92. The Labute approximate surface area is 189 Å². The number of rotatable bonds is 6. The Morgan fingerprint density at radius 2 is 1.62 bits per heavy atom. The quantitative estimate of drug-likeness (QED) is 0.365. The lowest BCUT2D eigenvalue weighted by atomic mass is 10.1. The molecule has 3 aromatic carbocycles. The van der Waals surface area contributed by atoms with Crippen LogP contribution in [0.5, 0.6) is 0 Å². The topological polar surface area (TPSA) is 73.1 Å². The van der Waals surface area contributed by atoms with Crippen LogP contribution in [0.15, 0.2) is 70.4 Å². The lowest BCUT2D eigenvalue weighted by Gasteiger charge is -2.09. The normalized spacial score (nSPS) is 12.2. The Kier molecular flexibility index (Phi) is 5.06. The molecule has 5 aromatic rings. The summed E-state index contributed by atoms with van der Waals surface area (Å²) in [6.07, 6.45) is 0.838. The van der Waals surface area contributed by atoms with E-state index in [0.29, 0.717) is 16.9 Å². The first-order chi connectivity index (χ1) is 15.4. The maximum Gasteiger partial charge on any atom is 0.308 e. The third-order valence-corrected chi connectivity index (χ3v) is 8.06. The van der Waals surface area contributed by atoms with Crippen LogP contribution in [0, 0.1) is 0 Å². The minimum atomic E-state index is -3.80. The lowest BCUT2D eigenvalue weighted by Crippen LogP contribution is -2.13. The molecule has 0 aliphatic heterocycles. The van der Waals surface area contributed by atoms with Gasteiger partial charge in [-0.3, -0.25) is 14.1 Å². The van der Waals surface area contributed by atoms with Gasteiger partial charge in [-0.05, 0) is 55.8 Å². The van der Waals surface area contributed by atoms with Crippen LogP contribution < -0.4 is 9.60 Å². The molecule has 164 valence electrons. The molecule has 1 N–H and O–H groups in total. The first kappa shape index (κ1) is 20.8. The second-order valence-corrected chi connectivity index (χ2v) is 10.4. The van der Waals surface area contributed by atoms with E-state index in [1.165, 1.54) is 0 Å². The van der Waals surface area contributed by atoms with Crippen molar-refractivity contribution in [3.8, 4) is 0 Å². The minimum Gasteiger partial charge on any atom is -0.341 e. The van der Waals surface area contributed by atoms with Crippen molar-refractivity contribution in [3.63, 3.8) is 0 Å². The fourth-order valence-electron chi connectivity index (χ4n) is 4.32. The molecule has 2 aromatic heterocycles. The maximum atomic E-state index is 13.1. The third-order valence-electron chi connectivity index (χ3n) is 5.74.